The summed E-state index contributed by atoms with van der Waals surface area (Å²) in [5.74, 6) is 0. The van der Waals surface area contributed by atoms with Crippen molar-refractivity contribution < 1.29 is 34.0 Å². The summed E-state index contributed by atoms with van der Waals surface area (Å²) < 4.78 is 34.0. The van der Waals surface area contributed by atoms with Crippen LogP contribution in [-0.2, 0) is 6.61 Å². The first-order valence-corrected chi connectivity index (χ1v) is 12.8. The summed E-state index contributed by atoms with van der Waals surface area (Å²) >= 11 is 0. The Kier molecular flexibility index (Phi) is 8.13. The molecule has 4 rings (SSSR count). The highest BCUT2D eigenvalue weighted by molar-refractivity contribution is 8.01. The standard InChI is InChI=1S/C25H22OP.ClHO4/c26-20-21-16-18-25(19-17-21)27(22-10-4-1-5-11-22,23-12-6-2-7-13-23)24-14-8-3-9-15-24;2-1(3,4)5/h1-19,26H,20H2;(H,2,3,4,5)/q+1;/p-1. The Bertz CT molecular complexity index is 983. The van der Waals surface area contributed by atoms with Crippen molar-refractivity contribution >= 4 is 28.5 Å². The molecule has 0 aromatic heterocycles. The van der Waals surface area contributed by atoms with Crippen LogP contribution in [0.25, 0.3) is 0 Å². The number of hydrogen-bond acceptors (Lipinski definition) is 5. The predicted molar refractivity (Wildman–Crippen MR) is 117 cm³/mol. The van der Waals surface area contributed by atoms with Crippen LogP contribution in [0.4, 0.5) is 0 Å². The Morgan fingerprint density at radius 1 is 0.500 bits per heavy atom. The van der Waals surface area contributed by atoms with E-state index in [0.29, 0.717) is 0 Å². The van der Waals surface area contributed by atoms with E-state index >= 15 is 0 Å². The van der Waals surface area contributed by atoms with Gasteiger partial charge < -0.3 is 5.11 Å². The maximum atomic E-state index is 9.49. The van der Waals surface area contributed by atoms with E-state index in [1.807, 2.05) is 12.1 Å². The topological polar surface area (TPSA) is 112 Å². The second-order valence-corrected chi connectivity index (χ2v) is 11.0. The fourth-order valence-electron chi connectivity index (χ4n) is 3.67. The van der Waals surface area contributed by atoms with Crippen LogP contribution in [0.2, 0.25) is 0 Å². The molecule has 5 nitrogen and oxygen atoms in total. The van der Waals surface area contributed by atoms with Crippen molar-refractivity contribution in [2.24, 2.45) is 0 Å². The van der Waals surface area contributed by atoms with Crippen LogP contribution in [0.1, 0.15) is 5.56 Å². The van der Waals surface area contributed by atoms with Gasteiger partial charge in [-0.3, -0.25) is 0 Å². The van der Waals surface area contributed by atoms with Crippen molar-refractivity contribution in [3.8, 4) is 0 Å². The molecule has 0 bridgehead atoms. The van der Waals surface area contributed by atoms with Gasteiger partial charge in [-0.05, 0) is 54.1 Å². The van der Waals surface area contributed by atoms with Crippen molar-refractivity contribution in [2.45, 2.75) is 6.61 Å². The molecule has 4 aromatic rings. The molecule has 32 heavy (non-hydrogen) atoms. The normalized spacial score (nSPS) is 11.4. The smallest absolute Gasteiger partial charge is 0.144 e. The molecule has 0 aliphatic carbocycles. The van der Waals surface area contributed by atoms with Crippen LogP contribution in [0.5, 0.6) is 0 Å². The summed E-state index contributed by atoms with van der Waals surface area (Å²) in [6.45, 7) is 0.0632. The molecule has 0 aliphatic heterocycles. The van der Waals surface area contributed by atoms with Crippen molar-refractivity contribution in [3.63, 3.8) is 0 Å². The van der Waals surface area contributed by atoms with Crippen LogP contribution < -0.4 is 39.9 Å². The zero-order chi connectivity index (χ0) is 23.0. The van der Waals surface area contributed by atoms with Gasteiger partial charge in [-0.25, -0.2) is 18.6 Å². The number of aliphatic hydroxyl groups is 1. The van der Waals surface area contributed by atoms with Crippen molar-refractivity contribution in [1.82, 2.24) is 0 Å². The minimum atomic E-state index is -4.94. The molecule has 4 aromatic carbocycles. The summed E-state index contributed by atoms with van der Waals surface area (Å²) in [6, 6.07) is 40.9. The molecule has 0 aliphatic rings. The van der Waals surface area contributed by atoms with Crippen LogP contribution in [-0.4, -0.2) is 5.11 Å². The van der Waals surface area contributed by atoms with Crippen molar-refractivity contribution in [3.05, 3.63) is 121 Å². The Balaban J connectivity index is 0.000000523. The van der Waals surface area contributed by atoms with E-state index in [1.165, 1.54) is 21.2 Å². The van der Waals surface area contributed by atoms with E-state index in [0.717, 1.165) is 5.56 Å². The lowest BCUT2D eigenvalue weighted by Gasteiger charge is -2.27. The lowest BCUT2D eigenvalue weighted by atomic mass is 10.2. The van der Waals surface area contributed by atoms with Gasteiger partial charge in [-0.15, -0.1) is 10.2 Å². The van der Waals surface area contributed by atoms with Gasteiger partial charge in [0.1, 0.15) is 28.5 Å². The van der Waals surface area contributed by atoms with Crippen LogP contribution >= 0.6 is 7.26 Å². The minimum absolute atomic E-state index is 0.0632. The first kappa shape index (κ1) is 24.1. The van der Waals surface area contributed by atoms with E-state index in [-0.39, 0.29) is 6.61 Å². The lowest BCUT2D eigenvalue weighted by Crippen LogP contribution is -2.68. The molecule has 0 spiro atoms. The zero-order valence-electron chi connectivity index (χ0n) is 17.1. The quantitative estimate of drug-likeness (QED) is 0.379. The summed E-state index contributed by atoms with van der Waals surface area (Å²) in [6.07, 6.45) is 0. The third kappa shape index (κ3) is 5.80. The largest absolute Gasteiger partial charge is 0.392 e. The highest BCUT2D eigenvalue weighted by Gasteiger charge is 2.47. The van der Waals surface area contributed by atoms with Gasteiger partial charge in [0.2, 0.25) is 0 Å². The van der Waals surface area contributed by atoms with E-state index < -0.39 is 17.5 Å². The fraction of sp³-hybridized carbons (Fsp3) is 0.0400. The summed E-state index contributed by atoms with van der Waals surface area (Å²) in [5.41, 5.74) is 0.936. The number of hydrogen-bond donors (Lipinski definition) is 1. The van der Waals surface area contributed by atoms with E-state index in [1.54, 1.807) is 0 Å². The van der Waals surface area contributed by atoms with Crippen LogP contribution in [0.3, 0.4) is 0 Å². The van der Waals surface area contributed by atoms with Gasteiger partial charge in [0.25, 0.3) is 0 Å². The third-order valence-electron chi connectivity index (χ3n) is 4.94. The Morgan fingerprint density at radius 2 is 0.781 bits per heavy atom. The third-order valence-corrected chi connectivity index (χ3v) is 9.23. The second-order valence-electron chi connectivity index (χ2n) is 6.88. The molecule has 7 heteroatoms. The molecule has 0 heterocycles. The maximum Gasteiger partial charge on any atom is 0.144 e. The second kappa shape index (κ2) is 10.8. The predicted octanol–water partition coefficient (Wildman–Crippen LogP) is -0.958. The van der Waals surface area contributed by atoms with Crippen molar-refractivity contribution in [2.75, 3.05) is 0 Å². The molecule has 0 unspecified atom stereocenters. The molecule has 0 fully saturated rings. The van der Waals surface area contributed by atoms with E-state index in [4.69, 9.17) is 18.6 Å². The number of rotatable bonds is 5. The summed E-state index contributed by atoms with van der Waals surface area (Å²) in [4.78, 5) is 0. The van der Waals surface area contributed by atoms with Crippen molar-refractivity contribution in [1.29, 1.82) is 0 Å². The van der Waals surface area contributed by atoms with Gasteiger partial charge in [-0.1, -0.05) is 66.7 Å². The molecule has 0 radical (unpaired) electrons. The molecular weight excluding hydrogens is 447 g/mol. The number of benzene rings is 4. The Hall–Kier alpha value is -2.60. The van der Waals surface area contributed by atoms with Gasteiger partial charge in [-0.2, -0.15) is 0 Å². The van der Waals surface area contributed by atoms with E-state index in [9.17, 15) is 5.11 Å². The van der Waals surface area contributed by atoms with Gasteiger partial charge in [0, 0.05) is 0 Å². The highest BCUT2D eigenvalue weighted by Crippen LogP contribution is 2.54. The molecule has 0 saturated heterocycles. The molecule has 0 saturated carbocycles. The summed E-state index contributed by atoms with van der Waals surface area (Å²) in [5, 5.41) is 14.8. The first-order chi connectivity index (χ1) is 15.4. The number of aliphatic hydroxyl groups excluding tert-OH is 1. The average Bonchev–Trinajstić information content (AvgIpc) is 2.81. The summed E-state index contributed by atoms with van der Waals surface area (Å²) in [7, 11) is -6.96. The average molecular weight is 469 g/mol. The first-order valence-electron chi connectivity index (χ1n) is 9.73. The monoisotopic (exact) mass is 468 g/mol. The number of halogens is 1. The SMILES string of the molecule is OCc1ccc([P+](c2ccccc2)(c2ccccc2)c2ccccc2)cc1.[O-][Cl+3]([O-])([O-])[O-]. The zero-order valence-corrected chi connectivity index (χ0v) is 18.7. The van der Waals surface area contributed by atoms with Gasteiger partial charge in [0.15, 0.2) is 0 Å². The van der Waals surface area contributed by atoms with Crippen LogP contribution in [0, 0.1) is 10.2 Å². The molecular formula is C25H22ClO5P. The highest BCUT2D eigenvalue weighted by atomic mass is 35.7. The molecule has 0 atom stereocenters. The lowest BCUT2D eigenvalue weighted by molar-refractivity contribution is -2.00. The van der Waals surface area contributed by atoms with Gasteiger partial charge >= 0.3 is 0 Å². The maximum absolute atomic E-state index is 9.49. The molecule has 164 valence electrons. The minimum Gasteiger partial charge on any atom is -0.392 e. The van der Waals surface area contributed by atoms with E-state index in [2.05, 4.69) is 103 Å². The van der Waals surface area contributed by atoms with Crippen LogP contribution in [0.15, 0.2) is 115 Å². The Morgan fingerprint density at radius 3 is 1.06 bits per heavy atom. The van der Waals surface area contributed by atoms with Gasteiger partial charge in [0.05, 0.1) is 6.61 Å². The fourth-order valence-corrected chi connectivity index (χ4v) is 7.92. The Labute approximate surface area is 189 Å². The molecule has 0 amide bonds. The molecule has 1 N–H and O–H groups in total.